The van der Waals surface area contributed by atoms with Gasteiger partial charge in [-0.25, -0.2) is 0 Å². The highest BCUT2D eigenvalue weighted by Gasteiger charge is 2.32. The summed E-state index contributed by atoms with van der Waals surface area (Å²) in [4.78, 5) is 14.9. The summed E-state index contributed by atoms with van der Waals surface area (Å²) in [6, 6.07) is 11.3. The number of rotatable bonds is 7. The van der Waals surface area contributed by atoms with Gasteiger partial charge in [0.05, 0.1) is 16.6 Å². The molecule has 1 heterocycles. The third kappa shape index (κ3) is 4.85. The minimum atomic E-state index is -0.271. The fourth-order valence-electron chi connectivity index (χ4n) is 3.98. The zero-order chi connectivity index (χ0) is 21.0. The summed E-state index contributed by atoms with van der Waals surface area (Å²) in [7, 11) is 0. The Morgan fingerprint density at radius 1 is 1.21 bits per heavy atom. The summed E-state index contributed by atoms with van der Waals surface area (Å²) < 4.78 is 0. The van der Waals surface area contributed by atoms with E-state index in [1.165, 1.54) is 11.6 Å². The van der Waals surface area contributed by atoms with Crippen molar-refractivity contribution in [3.8, 4) is 11.5 Å². The molecule has 0 aliphatic carbocycles. The minimum absolute atomic E-state index is 0.0393. The van der Waals surface area contributed by atoms with Crippen LogP contribution in [-0.4, -0.2) is 33.6 Å². The van der Waals surface area contributed by atoms with Crippen molar-refractivity contribution < 1.29 is 15.0 Å². The topological polar surface area (TPSA) is 72.8 Å². The van der Waals surface area contributed by atoms with Crippen LogP contribution in [0, 0.1) is 0 Å². The van der Waals surface area contributed by atoms with Crippen molar-refractivity contribution in [2.75, 3.05) is 6.54 Å². The largest absolute Gasteiger partial charge is 0.507 e. The molecule has 1 saturated heterocycles. The predicted molar refractivity (Wildman–Crippen MR) is 115 cm³/mol. The molecular weight excluding hydrogens is 388 g/mol. The number of phenolic OH excluding ortho intramolecular Hbond substituents is 2. The maximum Gasteiger partial charge on any atom is 0.258 e. The van der Waals surface area contributed by atoms with E-state index >= 15 is 0 Å². The van der Waals surface area contributed by atoms with Gasteiger partial charge in [0.1, 0.15) is 11.5 Å². The number of hydrogen-bond acceptors (Lipinski definition) is 4. The third-order valence-electron chi connectivity index (χ3n) is 5.73. The Hall–Kier alpha value is -2.24. The Morgan fingerprint density at radius 2 is 1.97 bits per heavy atom. The van der Waals surface area contributed by atoms with Crippen LogP contribution in [0.2, 0.25) is 5.02 Å². The number of nitrogens with one attached hydrogen (secondary N) is 1. The van der Waals surface area contributed by atoms with Crippen LogP contribution in [0.15, 0.2) is 36.4 Å². The second-order valence-corrected chi connectivity index (χ2v) is 8.02. The number of nitrogens with zero attached hydrogens (tertiary/aromatic N) is 1. The quantitative estimate of drug-likeness (QED) is 0.593. The van der Waals surface area contributed by atoms with Gasteiger partial charge in [0.15, 0.2) is 0 Å². The van der Waals surface area contributed by atoms with Crippen molar-refractivity contribution >= 4 is 17.5 Å². The maximum absolute atomic E-state index is 13.1. The Bertz CT molecular complexity index is 867. The number of carbonyl (C=O) groups excluding carboxylic acids is 1. The van der Waals surface area contributed by atoms with E-state index in [0.717, 1.165) is 43.9 Å². The molecule has 1 amide bonds. The molecule has 0 radical (unpaired) electrons. The number of hydrogen-bond donors (Lipinski definition) is 3. The summed E-state index contributed by atoms with van der Waals surface area (Å²) in [5, 5.41) is 23.4. The average molecular weight is 417 g/mol. The van der Waals surface area contributed by atoms with Gasteiger partial charge in [0.2, 0.25) is 0 Å². The normalized spacial score (nSPS) is 16.6. The molecule has 1 fully saturated rings. The highest BCUT2D eigenvalue weighted by Crippen LogP contribution is 2.37. The zero-order valence-corrected chi connectivity index (χ0v) is 17.7. The smallest absolute Gasteiger partial charge is 0.258 e. The minimum Gasteiger partial charge on any atom is -0.507 e. The van der Waals surface area contributed by atoms with Gasteiger partial charge in [-0.1, -0.05) is 49.7 Å². The number of likely N-dealkylation sites (tertiary alicyclic amines) is 1. The van der Waals surface area contributed by atoms with Crippen molar-refractivity contribution in [3.63, 3.8) is 0 Å². The summed E-state index contributed by atoms with van der Waals surface area (Å²) in [5.74, 6) is -0.769. The number of benzene rings is 2. The van der Waals surface area contributed by atoms with E-state index in [-0.39, 0.29) is 34.0 Å². The Balaban J connectivity index is 1.79. The molecule has 1 unspecified atom stereocenters. The van der Waals surface area contributed by atoms with E-state index in [0.29, 0.717) is 12.6 Å². The first-order valence-electron chi connectivity index (χ1n) is 10.3. The lowest BCUT2D eigenvalue weighted by Crippen LogP contribution is -2.31. The molecule has 2 aromatic carbocycles. The van der Waals surface area contributed by atoms with Crippen LogP contribution in [0.4, 0.5) is 0 Å². The van der Waals surface area contributed by atoms with E-state index < -0.39 is 0 Å². The Kier molecular flexibility index (Phi) is 7.04. The summed E-state index contributed by atoms with van der Waals surface area (Å²) in [5.41, 5.74) is 2.42. The molecule has 0 spiro atoms. The molecule has 6 heteroatoms. The van der Waals surface area contributed by atoms with Gasteiger partial charge < -0.3 is 20.4 Å². The van der Waals surface area contributed by atoms with Gasteiger partial charge in [0, 0.05) is 25.2 Å². The Labute approximate surface area is 177 Å². The van der Waals surface area contributed by atoms with Crippen LogP contribution in [0.1, 0.15) is 67.1 Å². The van der Waals surface area contributed by atoms with Crippen molar-refractivity contribution in [1.29, 1.82) is 0 Å². The van der Waals surface area contributed by atoms with Crippen LogP contribution in [0.25, 0.3) is 0 Å². The zero-order valence-electron chi connectivity index (χ0n) is 17.0. The number of aromatic hydroxyl groups is 2. The lowest BCUT2D eigenvalue weighted by molar-refractivity contribution is 0.0732. The van der Waals surface area contributed by atoms with Crippen molar-refractivity contribution in [3.05, 3.63) is 58.1 Å². The number of carbonyl (C=O) groups is 1. The van der Waals surface area contributed by atoms with Gasteiger partial charge >= 0.3 is 0 Å². The molecule has 2 aromatic rings. The van der Waals surface area contributed by atoms with Crippen LogP contribution < -0.4 is 5.32 Å². The summed E-state index contributed by atoms with van der Waals surface area (Å²) in [6.45, 7) is 5.79. The molecular formula is C23H29ClN2O3. The SMILES string of the molecule is CCC(CC)NCc1cccc(C2CCCN2C(=O)c2cc(Cl)c(O)cc2O)c1. The van der Waals surface area contributed by atoms with Gasteiger partial charge in [-0.05, 0) is 42.9 Å². The molecule has 156 valence electrons. The van der Waals surface area contributed by atoms with E-state index in [1.807, 2.05) is 6.07 Å². The molecule has 1 aliphatic rings. The van der Waals surface area contributed by atoms with Crippen molar-refractivity contribution in [1.82, 2.24) is 10.2 Å². The predicted octanol–water partition coefficient (Wildman–Crippen LogP) is 5.01. The molecule has 1 atom stereocenters. The lowest BCUT2D eigenvalue weighted by Gasteiger charge is -2.26. The van der Waals surface area contributed by atoms with Crippen LogP contribution in [-0.2, 0) is 6.54 Å². The molecule has 3 N–H and O–H groups in total. The second kappa shape index (κ2) is 9.51. The number of halogens is 1. The fraction of sp³-hybridized carbons (Fsp3) is 0.435. The first kappa shape index (κ1) is 21.5. The average Bonchev–Trinajstić information content (AvgIpc) is 3.21. The lowest BCUT2D eigenvalue weighted by atomic mass is 10.0. The second-order valence-electron chi connectivity index (χ2n) is 7.62. The van der Waals surface area contributed by atoms with Gasteiger partial charge in [0.25, 0.3) is 5.91 Å². The summed E-state index contributed by atoms with van der Waals surface area (Å²) >= 11 is 5.96. The first-order valence-corrected chi connectivity index (χ1v) is 10.7. The van der Waals surface area contributed by atoms with E-state index in [9.17, 15) is 15.0 Å². The van der Waals surface area contributed by atoms with Gasteiger partial charge in [-0.15, -0.1) is 0 Å². The molecule has 29 heavy (non-hydrogen) atoms. The number of amides is 1. The molecule has 0 bridgehead atoms. The van der Waals surface area contributed by atoms with E-state index in [1.54, 1.807) is 4.90 Å². The van der Waals surface area contributed by atoms with Crippen molar-refractivity contribution in [2.45, 2.75) is 58.2 Å². The van der Waals surface area contributed by atoms with Gasteiger partial charge in [-0.3, -0.25) is 4.79 Å². The third-order valence-corrected chi connectivity index (χ3v) is 6.03. The molecule has 5 nitrogen and oxygen atoms in total. The van der Waals surface area contributed by atoms with Crippen LogP contribution in [0.3, 0.4) is 0 Å². The number of phenols is 2. The highest BCUT2D eigenvalue weighted by atomic mass is 35.5. The standard InChI is InChI=1S/C23H29ClN2O3/c1-3-17(4-2)25-14-15-7-5-8-16(11-15)20-9-6-10-26(20)23(29)18-12-19(24)22(28)13-21(18)27/h5,7-8,11-13,17,20,25,27-28H,3-4,6,9-10,14H2,1-2H3. The highest BCUT2D eigenvalue weighted by molar-refractivity contribution is 6.32. The van der Waals surface area contributed by atoms with Crippen LogP contribution in [0.5, 0.6) is 11.5 Å². The summed E-state index contributed by atoms with van der Waals surface area (Å²) in [6.07, 6.45) is 3.97. The first-order chi connectivity index (χ1) is 13.9. The van der Waals surface area contributed by atoms with E-state index in [2.05, 4.69) is 37.4 Å². The molecule has 0 aromatic heterocycles. The molecule has 0 saturated carbocycles. The maximum atomic E-state index is 13.1. The van der Waals surface area contributed by atoms with Gasteiger partial charge in [-0.2, -0.15) is 0 Å². The van der Waals surface area contributed by atoms with Crippen molar-refractivity contribution in [2.24, 2.45) is 0 Å². The Morgan fingerprint density at radius 3 is 2.69 bits per heavy atom. The monoisotopic (exact) mass is 416 g/mol. The van der Waals surface area contributed by atoms with E-state index in [4.69, 9.17) is 11.6 Å². The molecule has 1 aliphatic heterocycles. The van der Waals surface area contributed by atoms with Crippen LogP contribution >= 0.6 is 11.6 Å². The fourth-order valence-corrected chi connectivity index (χ4v) is 4.15. The molecule has 3 rings (SSSR count).